The van der Waals surface area contributed by atoms with Crippen LogP contribution < -0.4 is 0 Å². The standard InChI is InChI=1S/C14H14ClF3O/c15-11-4-1-5-12(16)10(11)7-13(19)9-3-2-6-14(17,18)8-9/h1,4-5,9H,2-3,6-8H2. The van der Waals surface area contributed by atoms with Crippen molar-refractivity contribution in [2.24, 2.45) is 5.92 Å². The third kappa shape index (κ3) is 3.50. The quantitative estimate of drug-likeness (QED) is 0.805. The van der Waals surface area contributed by atoms with E-state index in [-0.39, 0.29) is 29.2 Å². The van der Waals surface area contributed by atoms with Crippen molar-refractivity contribution in [3.8, 4) is 0 Å². The number of rotatable bonds is 3. The van der Waals surface area contributed by atoms with Gasteiger partial charge >= 0.3 is 0 Å². The Balaban J connectivity index is 2.09. The summed E-state index contributed by atoms with van der Waals surface area (Å²) in [6, 6.07) is 4.15. The smallest absolute Gasteiger partial charge is 0.248 e. The summed E-state index contributed by atoms with van der Waals surface area (Å²) >= 11 is 5.83. The van der Waals surface area contributed by atoms with Gasteiger partial charge in [-0.2, -0.15) is 0 Å². The number of carbonyl (C=O) groups is 1. The number of Topliss-reactive ketones (excluding diaryl/α,β-unsaturated/α-hetero) is 1. The molecule has 104 valence electrons. The average Bonchev–Trinajstić information content (AvgIpc) is 2.32. The van der Waals surface area contributed by atoms with Crippen molar-refractivity contribution in [1.29, 1.82) is 0 Å². The number of halogens is 4. The Kier molecular flexibility index (Phi) is 4.19. The van der Waals surface area contributed by atoms with Crippen LogP contribution in [0.5, 0.6) is 0 Å². The first-order valence-electron chi connectivity index (χ1n) is 6.22. The lowest BCUT2D eigenvalue weighted by atomic mass is 9.82. The Morgan fingerprint density at radius 2 is 2.16 bits per heavy atom. The third-order valence-corrected chi connectivity index (χ3v) is 3.86. The van der Waals surface area contributed by atoms with Crippen molar-refractivity contribution in [2.75, 3.05) is 0 Å². The number of benzene rings is 1. The minimum absolute atomic E-state index is 0.100. The Bertz CT molecular complexity index is 467. The molecule has 1 aromatic carbocycles. The molecular formula is C14H14ClF3O. The first-order chi connectivity index (χ1) is 8.89. The van der Waals surface area contributed by atoms with E-state index in [1.54, 1.807) is 0 Å². The average molecular weight is 291 g/mol. The van der Waals surface area contributed by atoms with Gasteiger partial charge in [0.05, 0.1) is 0 Å². The van der Waals surface area contributed by atoms with E-state index >= 15 is 0 Å². The fourth-order valence-corrected chi connectivity index (χ4v) is 2.70. The summed E-state index contributed by atoms with van der Waals surface area (Å²) in [7, 11) is 0. The van der Waals surface area contributed by atoms with Crippen LogP contribution >= 0.6 is 11.6 Å². The van der Waals surface area contributed by atoms with Gasteiger partial charge in [-0.25, -0.2) is 13.2 Å². The highest BCUT2D eigenvalue weighted by Crippen LogP contribution is 2.37. The van der Waals surface area contributed by atoms with Gasteiger partial charge in [-0.15, -0.1) is 0 Å². The minimum Gasteiger partial charge on any atom is -0.299 e. The lowest BCUT2D eigenvalue weighted by Gasteiger charge is -2.28. The monoisotopic (exact) mass is 290 g/mol. The van der Waals surface area contributed by atoms with Crippen LogP contribution in [0.25, 0.3) is 0 Å². The Hall–Kier alpha value is -1.03. The summed E-state index contributed by atoms with van der Waals surface area (Å²) in [5.74, 6) is -4.40. The van der Waals surface area contributed by atoms with Gasteiger partial charge < -0.3 is 0 Å². The van der Waals surface area contributed by atoms with E-state index in [0.29, 0.717) is 12.8 Å². The van der Waals surface area contributed by atoms with E-state index in [9.17, 15) is 18.0 Å². The van der Waals surface area contributed by atoms with Crippen molar-refractivity contribution >= 4 is 17.4 Å². The second-order valence-electron chi connectivity index (χ2n) is 4.99. The first-order valence-corrected chi connectivity index (χ1v) is 6.60. The van der Waals surface area contributed by atoms with Gasteiger partial charge in [0.15, 0.2) is 0 Å². The topological polar surface area (TPSA) is 17.1 Å². The molecule has 0 aliphatic heterocycles. The predicted octanol–water partition coefficient (Wildman–Crippen LogP) is 4.42. The molecule has 1 aliphatic rings. The zero-order chi connectivity index (χ0) is 14.0. The lowest BCUT2D eigenvalue weighted by Crippen LogP contribution is -2.31. The van der Waals surface area contributed by atoms with Crippen LogP contribution in [0, 0.1) is 11.7 Å². The molecule has 0 N–H and O–H groups in total. The van der Waals surface area contributed by atoms with Crippen LogP contribution in [-0.2, 0) is 11.2 Å². The Labute approximate surface area is 114 Å². The molecule has 0 bridgehead atoms. The zero-order valence-electron chi connectivity index (χ0n) is 10.3. The largest absolute Gasteiger partial charge is 0.299 e. The molecule has 1 aromatic rings. The van der Waals surface area contributed by atoms with Gasteiger partial charge in [0.25, 0.3) is 0 Å². The Morgan fingerprint density at radius 1 is 1.42 bits per heavy atom. The molecule has 1 fully saturated rings. The zero-order valence-corrected chi connectivity index (χ0v) is 11.0. The molecule has 1 saturated carbocycles. The molecule has 0 heterocycles. The third-order valence-electron chi connectivity index (χ3n) is 3.51. The van der Waals surface area contributed by atoms with Gasteiger partial charge in [-0.3, -0.25) is 4.79 Å². The lowest BCUT2D eigenvalue weighted by molar-refractivity contribution is -0.129. The van der Waals surface area contributed by atoms with Gasteiger partial charge in [0.1, 0.15) is 11.6 Å². The number of carbonyl (C=O) groups excluding carboxylic acids is 1. The summed E-state index contributed by atoms with van der Waals surface area (Å²) in [6.45, 7) is 0. The van der Waals surface area contributed by atoms with Gasteiger partial charge in [0.2, 0.25) is 5.92 Å². The summed E-state index contributed by atoms with van der Waals surface area (Å²) in [5, 5.41) is 0.163. The Morgan fingerprint density at radius 3 is 2.79 bits per heavy atom. The van der Waals surface area contributed by atoms with Crippen LogP contribution in [-0.4, -0.2) is 11.7 Å². The van der Waals surface area contributed by atoms with E-state index in [1.807, 2.05) is 0 Å². The van der Waals surface area contributed by atoms with Crippen molar-refractivity contribution in [2.45, 2.75) is 38.0 Å². The van der Waals surface area contributed by atoms with E-state index in [0.717, 1.165) is 0 Å². The van der Waals surface area contributed by atoms with Gasteiger partial charge in [-0.05, 0) is 25.0 Å². The summed E-state index contributed by atoms with van der Waals surface area (Å²) in [6.07, 6.45) is -0.0453. The number of hydrogen-bond acceptors (Lipinski definition) is 1. The van der Waals surface area contributed by atoms with E-state index < -0.39 is 24.1 Å². The summed E-state index contributed by atoms with van der Waals surface area (Å²) in [4.78, 5) is 12.0. The molecule has 19 heavy (non-hydrogen) atoms. The fourth-order valence-electron chi connectivity index (χ4n) is 2.47. The van der Waals surface area contributed by atoms with E-state index in [4.69, 9.17) is 11.6 Å². The molecule has 0 saturated heterocycles. The molecule has 2 rings (SSSR count). The fraction of sp³-hybridized carbons (Fsp3) is 0.500. The summed E-state index contributed by atoms with van der Waals surface area (Å²) < 4.78 is 40.1. The number of alkyl halides is 2. The normalized spacial score (nSPS) is 22.2. The highest BCUT2D eigenvalue weighted by atomic mass is 35.5. The predicted molar refractivity (Wildman–Crippen MR) is 67.0 cm³/mol. The summed E-state index contributed by atoms with van der Waals surface area (Å²) in [5.41, 5.74) is 0.100. The van der Waals surface area contributed by atoms with Crippen LogP contribution in [0.2, 0.25) is 5.02 Å². The second kappa shape index (κ2) is 5.53. The maximum Gasteiger partial charge on any atom is 0.248 e. The SMILES string of the molecule is O=C(Cc1c(F)cccc1Cl)C1CCCC(F)(F)C1. The highest BCUT2D eigenvalue weighted by Gasteiger charge is 2.39. The number of hydrogen-bond donors (Lipinski definition) is 0. The molecule has 0 spiro atoms. The maximum atomic E-state index is 13.5. The van der Waals surface area contributed by atoms with Crippen molar-refractivity contribution in [3.05, 3.63) is 34.6 Å². The molecule has 1 nitrogen and oxygen atoms in total. The molecule has 0 radical (unpaired) electrons. The molecular weight excluding hydrogens is 277 g/mol. The van der Waals surface area contributed by atoms with Crippen molar-refractivity contribution in [1.82, 2.24) is 0 Å². The van der Waals surface area contributed by atoms with Gasteiger partial charge in [-0.1, -0.05) is 17.7 Å². The maximum absolute atomic E-state index is 13.5. The minimum atomic E-state index is -2.78. The molecule has 1 unspecified atom stereocenters. The van der Waals surface area contributed by atoms with Gasteiger partial charge in [0, 0.05) is 35.8 Å². The van der Waals surface area contributed by atoms with Crippen LogP contribution in [0.4, 0.5) is 13.2 Å². The first kappa shape index (κ1) is 14.4. The van der Waals surface area contributed by atoms with Crippen molar-refractivity contribution in [3.63, 3.8) is 0 Å². The molecule has 5 heteroatoms. The molecule has 1 atom stereocenters. The van der Waals surface area contributed by atoms with E-state index in [2.05, 4.69) is 0 Å². The van der Waals surface area contributed by atoms with Crippen LogP contribution in [0.3, 0.4) is 0 Å². The van der Waals surface area contributed by atoms with Crippen LogP contribution in [0.1, 0.15) is 31.2 Å². The molecule has 0 aromatic heterocycles. The second-order valence-corrected chi connectivity index (χ2v) is 5.40. The number of ketones is 1. The van der Waals surface area contributed by atoms with E-state index in [1.165, 1.54) is 18.2 Å². The van der Waals surface area contributed by atoms with Crippen LogP contribution in [0.15, 0.2) is 18.2 Å². The highest BCUT2D eigenvalue weighted by molar-refractivity contribution is 6.31. The molecule has 1 aliphatic carbocycles. The molecule has 0 amide bonds. The van der Waals surface area contributed by atoms with Crippen molar-refractivity contribution < 1.29 is 18.0 Å².